The fourth-order valence-electron chi connectivity index (χ4n) is 2.67. The van der Waals surface area contributed by atoms with Crippen LogP contribution in [0.5, 0.6) is 0 Å². The number of piperazine rings is 1. The van der Waals surface area contributed by atoms with Crippen LogP contribution in [0.4, 0.5) is 18.0 Å². The van der Waals surface area contributed by atoms with E-state index < -0.39 is 38.6 Å². The minimum Gasteiger partial charge on any atom is -0.351 e. The Labute approximate surface area is 164 Å². The van der Waals surface area contributed by atoms with Gasteiger partial charge in [0.1, 0.15) is 4.90 Å². The van der Waals surface area contributed by atoms with Crippen LogP contribution in [-0.2, 0) is 21.0 Å². The minimum atomic E-state index is -4.70. The molecule has 2 rings (SSSR count). The Morgan fingerprint density at radius 2 is 1.79 bits per heavy atom. The highest BCUT2D eigenvalue weighted by Crippen LogP contribution is 2.34. The number of benzene rings is 1. The number of imide groups is 1. The van der Waals surface area contributed by atoms with Gasteiger partial charge in [-0.25, -0.2) is 13.2 Å². The topological polar surface area (TPSA) is 113 Å². The van der Waals surface area contributed by atoms with Gasteiger partial charge in [0.05, 0.1) is 10.6 Å². The van der Waals surface area contributed by atoms with Crippen LogP contribution in [0.3, 0.4) is 0 Å². The van der Waals surface area contributed by atoms with Crippen molar-refractivity contribution >= 4 is 33.6 Å². The molecule has 28 heavy (non-hydrogen) atoms. The van der Waals surface area contributed by atoms with Crippen LogP contribution < -0.4 is 11.1 Å². The molecule has 13 heteroatoms. The van der Waals surface area contributed by atoms with Crippen molar-refractivity contribution in [3.63, 3.8) is 0 Å². The molecule has 1 saturated heterocycles. The molecule has 0 bridgehead atoms. The third kappa shape index (κ3) is 5.56. The number of rotatable bonds is 5. The molecule has 1 aromatic rings. The standard InChI is InChI=1S/C15H18ClF3N4O4S/c16-11-2-1-10(15(17,18)19)9-12(11)28(26,27)23-7-5-22(6-8-23)4-3-13(24)21-14(20)25/h1-2,9H,3-8H2,(H3,20,21,24,25). The molecule has 0 atom stereocenters. The second-order valence-corrected chi connectivity index (χ2v) is 8.36. The summed E-state index contributed by atoms with van der Waals surface area (Å²) in [5.74, 6) is -0.557. The first kappa shape index (κ1) is 22.4. The molecule has 1 fully saturated rings. The fraction of sp³-hybridized carbons (Fsp3) is 0.467. The van der Waals surface area contributed by atoms with E-state index in [1.54, 1.807) is 4.90 Å². The molecule has 1 aliphatic heterocycles. The molecule has 0 unspecified atom stereocenters. The Kier molecular flexibility index (Phi) is 6.91. The Balaban J connectivity index is 2.04. The van der Waals surface area contributed by atoms with Gasteiger partial charge in [-0.2, -0.15) is 17.5 Å². The zero-order chi connectivity index (χ0) is 21.1. The molecule has 3 N–H and O–H groups in total. The minimum absolute atomic E-state index is 0.00482. The van der Waals surface area contributed by atoms with Crippen molar-refractivity contribution in [3.8, 4) is 0 Å². The highest BCUT2D eigenvalue weighted by atomic mass is 35.5. The first-order valence-corrected chi connectivity index (χ1v) is 9.91. The van der Waals surface area contributed by atoms with Gasteiger partial charge < -0.3 is 10.6 Å². The molecule has 0 saturated carbocycles. The number of nitrogens with zero attached hydrogens (tertiary/aromatic N) is 2. The maximum absolute atomic E-state index is 12.9. The van der Waals surface area contributed by atoms with Crippen LogP contribution in [0.25, 0.3) is 0 Å². The number of nitrogens with one attached hydrogen (secondary N) is 1. The Hall–Kier alpha value is -1.89. The smallest absolute Gasteiger partial charge is 0.351 e. The highest BCUT2D eigenvalue weighted by molar-refractivity contribution is 7.89. The van der Waals surface area contributed by atoms with Crippen LogP contribution in [0.1, 0.15) is 12.0 Å². The molecule has 0 radical (unpaired) electrons. The number of halogens is 4. The number of primary amides is 1. The van der Waals surface area contributed by atoms with Gasteiger partial charge in [-0.15, -0.1) is 0 Å². The fourth-order valence-corrected chi connectivity index (χ4v) is 4.59. The van der Waals surface area contributed by atoms with E-state index in [0.717, 1.165) is 16.4 Å². The molecule has 0 spiro atoms. The third-order valence-corrected chi connectivity index (χ3v) is 6.51. The molecular formula is C15H18ClF3N4O4S. The Morgan fingerprint density at radius 1 is 1.18 bits per heavy atom. The average molecular weight is 443 g/mol. The van der Waals surface area contributed by atoms with Crippen LogP contribution in [0, 0.1) is 0 Å². The summed E-state index contributed by atoms with van der Waals surface area (Å²) >= 11 is 5.84. The molecule has 0 aromatic heterocycles. The molecule has 3 amide bonds. The van der Waals surface area contributed by atoms with Crippen molar-refractivity contribution in [3.05, 3.63) is 28.8 Å². The number of amides is 3. The van der Waals surface area contributed by atoms with Crippen LogP contribution in [0.15, 0.2) is 23.1 Å². The van der Waals surface area contributed by atoms with Gasteiger partial charge in [-0.1, -0.05) is 11.6 Å². The third-order valence-electron chi connectivity index (χ3n) is 4.13. The van der Waals surface area contributed by atoms with Crippen molar-refractivity contribution in [1.82, 2.24) is 14.5 Å². The molecule has 0 aliphatic carbocycles. The van der Waals surface area contributed by atoms with Crippen molar-refractivity contribution in [2.45, 2.75) is 17.5 Å². The summed E-state index contributed by atoms with van der Waals surface area (Å²) in [7, 11) is -4.21. The lowest BCUT2D eigenvalue weighted by Crippen LogP contribution is -2.49. The zero-order valence-electron chi connectivity index (χ0n) is 14.5. The molecule has 1 heterocycles. The van der Waals surface area contributed by atoms with Gasteiger partial charge in [0.25, 0.3) is 0 Å². The SMILES string of the molecule is NC(=O)NC(=O)CCN1CCN(S(=O)(=O)c2cc(C(F)(F)F)ccc2Cl)CC1. The van der Waals surface area contributed by atoms with E-state index in [4.69, 9.17) is 17.3 Å². The van der Waals surface area contributed by atoms with Crippen LogP contribution >= 0.6 is 11.6 Å². The quantitative estimate of drug-likeness (QED) is 0.712. The molecule has 156 valence electrons. The predicted octanol–water partition coefficient (Wildman–Crippen LogP) is 1.25. The van der Waals surface area contributed by atoms with E-state index in [1.807, 2.05) is 5.32 Å². The lowest BCUT2D eigenvalue weighted by atomic mass is 10.2. The van der Waals surface area contributed by atoms with E-state index in [2.05, 4.69) is 0 Å². The van der Waals surface area contributed by atoms with Crippen LogP contribution in [0.2, 0.25) is 5.02 Å². The zero-order valence-corrected chi connectivity index (χ0v) is 16.1. The summed E-state index contributed by atoms with van der Waals surface area (Å²) in [6, 6.07) is 1.19. The van der Waals surface area contributed by atoms with E-state index in [-0.39, 0.29) is 44.2 Å². The van der Waals surface area contributed by atoms with E-state index >= 15 is 0 Å². The molecule has 1 aliphatic rings. The summed E-state index contributed by atoms with van der Waals surface area (Å²) in [6.07, 6.45) is -4.70. The van der Waals surface area contributed by atoms with Gasteiger partial charge in [0.15, 0.2) is 0 Å². The number of alkyl halides is 3. The summed E-state index contributed by atoms with van der Waals surface area (Å²) in [4.78, 5) is 23.2. The number of urea groups is 1. The van der Waals surface area contributed by atoms with Gasteiger partial charge >= 0.3 is 12.2 Å². The molecule has 8 nitrogen and oxygen atoms in total. The van der Waals surface area contributed by atoms with Crippen molar-refractivity contribution in [2.24, 2.45) is 5.73 Å². The number of sulfonamides is 1. The molecular weight excluding hydrogens is 425 g/mol. The average Bonchev–Trinajstić information content (AvgIpc) is 2.59. The maximum atomic E-state index is 12.9. The van der Waals surface area contributed by atoms with Crippen molar-refractivity contribution in [1.29, 1.82) is 0 Å². The normalized spacial score (nSPS) is 16.7. The van der Waals surface area contributed by atoms with Gasteiger partial charge in [-0.3, -0.25) is 10.1 Å². The van der Waals surface area contributed by atoms with Gasteiger partial charge in [0, 0.05) is 39.1 Å². The monoisotopic (exact) mass is 442 g/mol. The predicted molar refractivity (Wildman–Crippen MR) is 94.0 cm³/mol. The van der Waals surface area contributed by atoms with E-state index in [9.17, 15) is 31.2 Å². The largest absolute Gasteiger partial charge is 0.416 e. The maximum Gasteiger partial charge on any atom is 0.416 e. The number of carbonyl (C=O) groups is 2. The summed E-state index contributed by atoms with van der Waals surface area (Å²) in [6.45, 7) is 0.843. The number of hydrogen-bond donors (Lipinski definition) is 2. The second kappa shape index (κ2) is 8.64. The van der Waals surface area contributed by atoms with Gasteiger partial charge in [-0.05, 0) is 18.2 Å². The summed E-state index contributed by atoms with van der Waals surface area (Å²) < 4.78 is 65.2. The number of carbonyl (C=O) groups excluding carboxylic acids is 2. The van der Waals surface area contributed by atoms with Crippen molar-refractivity contribution in [2.75, 3.05) is 32.7 Å². The number of nitrogens with two attached hydrogens (primary N) is 1. The second-order valence-electron chi connectivity index (χ2n) is 6.05. The van der Waals surface area contributed by atoms with E-state index in [1.165, 1.54) is 0 Å². The van der Waals surface area contributed by atoms with Gasteiger partial charge in [0.2, 0.25) is 15.9 Å². The van der Waals surface area contributed by atoms with Crippen LogP contribution in [-0.4, -0.2) is 62.3 Å². The first-order valence-electron chi connectivity index (χ1n) is 8.10. The Bertz CT molecular complexity index is 855. The number of hydrogen-bond acceptors (Lipinski definition) is 5. The first-order chi connectivity index (χ1) is 12.9. The summed E-state index contributed by atoms with van der Waals surface area (Å²) in [5, 5.41) is 1.63. The summed E-state index contributed by atoms with van der Waals surface area (Å²) in [5.41, 5.74) is 3.73. The lowest BCUT2D eigenvalue weighted by molar-refractivity contribution is -0.137. The highest BCUT2D eigenvalue weighted by Gasteiger charge is 2.35. The van der Waals surface area contributed by atoms with Crippen molar-refractivity contribution < 1.29 is 31.2 Å². The Morgan fingerprint density at radius 3 is 2.32 bits per heavy atom. The molecule has 1 aromatic carbocycles. The lowest BCUT2D eigenvalue weighted by Gasteiger charge is -2.34. The van der Waals surface area contributed by atoms with E-state index in [0.29, 0.717) is 6.07 Å².